The van der Waals surface area contributed by atoms with Gasteiger partial charge in [0.15, 0.2) is 0 Å². The molecule has 2 aromatic rings. The van der Waals surface area contributed by atoms with E-state index in [1.165, 1.54) is 0 Å². The predicted molar refractivity (Wildman–Crippen MR) is 85.6 cm³/mol. The molecule has 0 spiro atoms. The largest absolute Gasteiger partial charge is 0.281 e. The van der Waals surface area contributed by atoms with E-state index in [4.69, 9.17) is 0 Å². The summed E-state index contributed by atoms with van der Waals surface area (Å²) < 4.78 is 27.3. The number of rotatable bonds is 4. The third-order valence-corrected chi connectivity index (χ3v) is 4.34. The lowest BCUT2D eigenvalue weighted by Crippen LogP contribution is -2.20. The van der Waals surface area contributed by atoms with E-state index in [2.05, 4.69) is 9.71 Å². The molecular weight excluding hydrogens is 284 g/mol. The number of nitrogens with one attached hydrogen (secondary N) is 1. The third kappa shape index (κ3) is 4.29. The molecule has 0 saturated heterocycles. The fraction of sp³-hybridized carbons (Fsp3) is 0.312. The lowest BCUT2D eigenvalue weighted by atomic mass is 9.87. The molecule has 4 nitrogen and oxygen atoms in total. The van der Waals surface area contributed by atoms with Crippen molar-refractivity contribution in [2.24, 2.45) is 0 Å². The molecule has 0 radical (unpaired) electrons. The molecule has 0 fully saturated rings. The molecule has 5 heteroatoms. The number of nitrogens with zero attached hydrogens (tertiary/aromatic N) is 1. The van der Waals surface area contributed by atoms with Gasteiger partial charge in [-0.15, -0.1) is 0 Å². The van der Waals surface area contributed by atoms with Gasteiger partial charge in [-0.05, 0) is 22.6 Å². The second-order valence-corrected chi connectivity index (χ2v) is 7.74. The van der Waals surface area contributed by atoms with E-state index in [1.807, 2.05) is 45.0 Å². The molecule has 0 unspecified atom stereocenters. The third-order valence-electron chi connectivity index (χ3n) is 3.09. The molecule has 1 aromatic heterocycles. The fourth-order valence-corrected chi connectivity index (χ4v) is 3.33. The van der Waals surface area contributed by atoms with Crippen LogP contribution in [0.25, 0.3) is 0 Å². The van der Waals surface area contributed by atoms with Gasteiger partial charge < -0.3 is 0 Å². The minimum absolute atomic E-state index is 0.0493. The van der Waals surface area contributed by atoms with Gasteiger partial charge in [0.25, 0.3) is 0 Å². The number of sulfonamides is 1. The first kappa shape index (κ1) is 15.5. The van der Waals surface area contributed by atoms with Crippen molar-refractivity contribution in [3.8, 4) is 0 Å². The minimum Gasteiger partial charge on any atom is -0.281 e. The highest BCUT2D eigenvalue weighted by molar-refractivity contribution is 7.91. The molecule has 1 N–H and O–H groups in total. The summed E-state index contributed by atoms with van der Waals surface area (Å²) in [6.07, 6.45) is 3.23. The Morgan fingerprint density at radius 2 is 1.76 bits per heavy atom. The average molecular weight is 304 g/mol. The molecule has 0 bridgehead atoms. The number of benzene rings is 1. The van der Waals surface area contributed by atoms with Crippen LogP contribution in [0.3, 0.4) is 0 Å². The lowest BCUT2D eigenvalue weighted by molar-refractivity contribution is 0.589. The maximum atomic E-state index is 12.3. The first-order chi connectivity index (χ1) is 9.78. The Balaban J connectivity index is 2.26. The number of anilines is 1. The van der Waals surface area contributed by atoms with E-state index in [1.54, 1.807) is 24.5 Å². The Hall–Kier alpha value is -1.88. The SMILES string of the molecule is CC(C)(C)c1ccncc1NS(=O)(=O)Cc1ccccc1. The van der Waals surface area contributed by atoms with Crippen molar-refractivity contribution in [2.75, 3.05) is 4.72 Å². The highest BCUT2D eigenvalue weighted by atomic mass is 32.2. The van der Waals surface area contributed by atoms with Crippen molar-refractivity contribution in [1.29, 1.82) is 0 Å². The van der Waals surface area contributed by atoms with Crippen LogP contribution < -0.4 is 4.72 Å². The summed E-state index contributed by atoms with van der Waals surface area (Å²) in [4.78, 5) is 4.02. The smallest absolute Gasteiger partial charge is 0.236 e. The Morgan fingerprint density at radius 3 is 2.38 bits per heavy atom. The Morgan fingerprint density at radius 1 is 1.10 bits per heavy atom. The summed E-state index contributed by atoms with van der Waals surface area (Å²) in [5.74, 6) is -0.0493. The Bertz CT molecular complexity index is 705. The molecule has 1 aromatic carbocycles. The highest BCUT2D eigenvalue weighted by Gasteiger charge is 2.21. The quantitative estimate of drug-likeness (QED) is 0.942. The van der Waals surface area contributed by atoms with Crippen molar-refractivity contribution in [3.63, 3.8) is 0 Å². The summed E-state index contributed by atoms with van der Waals surface area (Å²) >= 11 is 0. The summed E-state index contributed by atoms with van der Waals surface area (Å²) in [7, 11) is -3.46. The van der Waals surface area contributed by atoms with E-state index >= 15 is 0 Å². The van der Waals surface area contributed by atoms with Crippen molar-refractivity contribution in [1.82, 2.24) is 4.98 Å². The molecule has 21 heavy (non-hydrogen) atoms. The van der Waals surface area contributed by atoms with Gasteiger partial charge in [-0.25, -0.2) is 8.42 Å². The standard InChI is InChI=1S/C16H20N2O2S/c1-16(2,3)14-9-10-17-11-15(14)18-21(19,20)12-13-7-5-4-6-8-13/h4-11,18H,12H2,1-3H3. The molecule has 0 aliphatic carbocycles. The zero-order valence-electron chi connectivity index (χ0n) is 12.5. The van der Waals surface area contributed by atoms with Crippen LogP contribution in [0.1, 0.15) is 31.9 Å². The monoisotopic (exact) mass is 304 g/mol. The first-order valence-electron chi connectivity index (χ1n) is 6.77. The van der Waals surface area contributed by atoms with Crippen molar-refractivity contribution >= 4 is 15.7 Å². The molecule has 2 rings (SSSR count). The van der Waals surface area contributed by atoms with Crippen molar-refractivity contribution in [2.45, 2.75) is 31.9 Å². The first-order valence-corrected chi connectivity index (χ1v) is 8.42. The van der Waals surface area contributed by atoms with Gasteiger partial charge in [-0.2, -0.15) is 0 Å². The second-order valence-electron chi connectivity index (χ2n) is 6.02. The van der Waals surface area contributed by atoms with Gasteiger partial charge in [-0.1, -0.05) is 51.1 Å². The van der Waals surface area contributed by atoms with Crippen LogP contribution in [0.5, 0.6) is 0 Å². The topological polar surface area (TPSA) is 59.1 Å². The van der Waals surface area contributed by atoms with Crippen LogP contribution in [0.4, 0.5) is 5.69 Å². The van der Waals surface area contributed by atoms with Gasteiger partial charge >= 0.3 is 0 Å². The molecule has 0 aliphatic rings. The molecule has 0 saturated carbocycles. The molecule has 0 aliphatic heterocycles. The van der Waals surface area contributed by atoms with Crippen molar-refractivity contribution in [3.05, 3.63) is 59.9 Å². The molecule has 0 amide bonds. The second kappa shape index (κ2) is 5.85. The number of hydrogen-bond acceptors (Lipinski definition) is 3. The summed E-state index contributed by atoms with van der Waals surface area (Å²) in [5, 5.41) is 0. The van der Waals surface area contributed by atoms with Gasteiger partial charge in [0.05, 0.1) is 17.6 Å². The van der Waals surface area contributed by atoms with Crippen LogP contribution in [0.15, 0.2) is 48.8 Å². The van der Waals surface area contributed by atoms with E-state index in [0.29, 0.717) is 5.69 Å². The summed E-state index contributed by atoms with van der Waals surface area (Å²) in [6, 6.07) is 11.0. The van der Waals surface area contributed by atoms with E-state index in [-0.39, 0.29) is 11.2 Å². The maximum Gasteiger partial charge on any atom is 0.236 e. The normalized spacial score (nSPS) is 12.1. The van der Waals surface area contributed by atoms with E-state index < -0.39 is 10.0 Å². The summed E-state index contributed by atoms with van der Waals surface area (Å²) in [5.41, 5.74) is 2.06. The van der Waals surface area contributed by atoms with Gasteiger partial charge in [0.2, 0.25) is 10.0 Å². The Labute approximate surface area is 126 Å². The number of pyridine rings is 1. The maximum absolute atomic E-state index is 12.3. The fourth-order valence-electron chi connectivity index (χ4n) is 2.13. The van der Waals surface area contributed by atoms with Crippen LogP contribution in [0.2, 0.25) is 0 Å². The number of hydrogen-bond donors (Lipinski definition) is 1. The zero-order valence-corrected chi connectivity index (χ0v) is 13.3. The Kier molecular flexibility index (Phi) is 4.32. The minimum atomic E-state index is -3.46. The van der Waals surface area contributed by atoms with Crippen LogP contribution >= 0.6 is 0 Å². The van der Waals surface area contributed by atoms with Gasteiger partial charge in [-0.3, -0.25) is 9.71 Å². The summed E-state index contributed by atoms with van der Waals surface area (Å²) in [6.45, 7) is 6.12. The molecular formula is C16H20N2O2S. The molecule has 112 valence electrons. The lowest BCUT2D eigenvalue weighted by Gasteiger charge is -2.22. The highest BCUT2D eigenvalue weighted by Crippen LogP contribution is 2.29. The van der Waals surface area contributed by atoms with Gasteiger partial charge in [0, 0.05) is 6.20 Å². The van der Waals surface area contributed by atoms with Crippen LogP contribution in [0, 0.1) is 0 Å². The zero-order chi connectivity index (χ0) is 15.5. The number of aromatic nitrogens is 1. The van der Waals surface area contributed by atoms with Gasteiger partial charge in [0.1, 0.15) is 0 Å². The molecule has 0 atom stereocenters. The van der Waals surface area contributed by atoms with E-state index in [0.717, 1.165) is 11.1 Å². The molecule has 1 heterocycles. The average Bonchev–Trinajstić information content (AvgIpc) is 2.38. The van der Waals surface area contributed by atoms with Crippen molar-refractivity contribution < 1.29 is 8.42 Å². The van der Waals surface area contributed by atoms with Crippen LogP contribution in [-0.2, 0) is 21.2 Å². The van der Waals surface area contributed by atoms with E-state index in [9.17, 15) is 8.42 Å². The predicted octanol–water partition coefficient (Wildman–Crippen LogP) is 3.32. The van der Waals surface area contributed by atoms with Crippen LogP contribution in [-0.4, -0.2) is 13.4 Å².